The Hall–Kier alpha value is -3.52. The van der Waals surface area contributed by atoms with Crippen LogP contribution < -0.4 is 10.6 Å². The summed E-state index contributed by atoms with van der Waals surface area (Å²) in [7, 11) is 0. The number of carbonyl (C=O) groups is 1. The molecule has 0 aliphatic carbocycles. The number of piperazine rings is 1. The summed E-state index contributed by atoms with van der Waals surface area (Å²) in [5, 5.41) is 0.837. The first-order valence-corrected chi connectivity index (χ1v) is 11.8. The zero-order chi connectivity index (χ0) is 22.9. The molecule has 2 aromatic heterocycles. The van der Waals surface area contributed by atoms with Crippen LogP contribution in [0, 0.1) is 13.8 Å². The maximum atomic E-state index is 13.1. The molecule has 0 spiro atoms. The summed E-state index contributed by atoms with van der Waals surface area (Å²) in [5.74, 6) is -0.0675. The third kappa shape index (κ3) is 4.26. The fraction of sp³-hybridized carbons (Fsp3) is 0.280. The monoisotopic (exact) mass is 459 g/mol. The molecule has 0 radical (unpaired) electrons. The zero-order valence-electron chi connectivity index (χ0n) is 18.7. The van der Waals surface area contributed by atoms with Crippen molar-refractivity contribution in [3.63, 3.8) is 0 Å². The SMILES string of the molecule is Cc1ccc(-c2nc(=O)n(CC(=O)N3CCN(c4ccccc4)CC3)c3sc(C)nc23)cc1. The molecule has 2 aromatic carbocycles. The van der Waals surface area contributed by atoms with Gasteiger partial charge in [-0.05, 0) is 26.0 Å². The highest BCUT2D eigenvalue weighted by molar-refractivity contribution is 7.18. The Kier molecular flexibility index (Phi) is 5.68. The summed E-state index contributed by atoms with van der Waals surface area (Å²) in [6, 6.07) is 18.1. The molecule has 1 aliphatic heterocycles. The first-order chi connectivity index (χ1) is 16.0. The number of rotatable bonds is 4. The summed E-state index contributed by atoms with van der Waals surface area (Å²) in [5.41, 5.74) is 3.97. The van der Waals surface area contributed by atoms with Gasteiger partial charge < -0.3 is 9.80 Å². The molecule has 0 bridgehead atoms. The minimum Gasteiger partial charge on any atom is -0.368 e. The van der Waals surface area contributed by atoms with Gasteiger partial charge in [0.2, 0.25) is 5.91 Å². The molecule has 0 atom stereocenters. The van der Waals surface area contributed by atoms with Crippen LogP contribution in [0.15, 0.2) is 59.4 Å². The minimum absolute atomic E-state index is 0.0243. The average Bonchev–Trinajstić information content (AvgIpc) is 3.23. The van der Waals surface area contributed by atoms with E-state index in [1.54, 1.807) is 0 Å². The molecular formula is C25H25N5O2S. The van der Waals surface area contributed by atoms with Crippen LogP contribution in [0.1, 0.15) is 10.6 Å². The lowest BCUT2D eigenvalue weighted by atomic mass is 10.1. The molecular weight excluding hydrogens is 434 g/mol. The third-order valence-corrected chi connectivity index (χ3v) is 6.99. The van der Waals surface area contributed by atoms with Gasteiger partial charge in [-0.25, -0.2) is 9.78 Å². The smallest absolute Gasteiger partial charge is 0.349 e. The molecule has 1 fully saturated rings. The summed E-state index contributed by atoms with van der Waals surface area (Å²) >= 11 is 1.42. The van der Waals surface area contributed by atoms with E-state index in [4.69, 9.17) is 0 Å². The molecule has 0 unspecified atom stereocenters. The van der Waals surface area contributed by atoms with Gasteiger partial charge in [0, 0.05) is 37.4 Å². The number of amides is 1. The number of hydrogen-bond acceptors (Lipinski definition) is 6. The van der Waals surface area contributed by atoms with Gasteiger partial charge in [0.15, 0.2) is 0 Å². The van der Waals surface area contributed by atoms with Crippen LogP contribution in [0.2, 0.25) is 0 Å². The number of para-hydroxylation sites is 1. The first-order valence-electron chi connectivity index (χ1n) is 11.0. The van der Waals surface area contributed by atoms with Crippen LogP contribution in [0.25, 0.3) is 21.6 Å². The normalized spacial score (nSPS) is 14.1. The van der Waals surface area contributed by atoms with Crippen LogP contribution >= 0.6 is 11.3 Å². The second kappa shape index (κ2) is 8.78. The van der Waals surface area contributed by atoms with E-state index in [1.807, 2.05) is 61.2 Å². The Bertz CT molecular complexity index is 1350. The molecule has 5 rings (SSSR count). The topological polar surface area (TPSA) is 71.3 Å². The van der Waals surface area contributed by atoms with Crippen molar-refractivity contribution in [3.05, 3.63) is 75.7 Å². The lowest BCUT2D eigenvalue weighted by molar-refractivity contribution is -0.132. The highest BCUT2D eigenvalue weighted by atomic mass is 32.1. The summed E-state index contributed by atoms with van der Waals surface area (Å²) < 4.78 is 1.48. The molecule has 7 nitrogen and oxygen atoms in total. The zero-order valence-corrected chi connectivity index (χ0v) is 19.5. The van der Waals surface area contributed by atoms with Crippen molar-refractivity contribution in [1.29, 1.82) is 0 Å². The second-order valence-electron chi connectivity index (χ2n) is 8.29. The molecule has 33 heavy (non-hydrogen) atoms. The van der Waals surface area contributed by atoms with Crippen LogP contribution in [-0.2, 0) is 11.3 Å². The number of anilines is 1. The molecule has 168 valence electrons. The number of thiazole rings is 1. The Morgan fingerprint density at radius 2 is 1.64 bits per heavy atom. The standard InChI is InChI=1S/C25H25N5O2S/c1-17-8-10-19(11-9-17)22-23-24(33-18(2)26-23)30(25(32)27-22)16-21(31)29-14-12-28(13-15-29)20-6-4-3-5-7-20/h3-11H,12-16H2,1-2H3. The fourth-order valence-corrected chi connectivity index (χ4v) is 5.10. The lowest BCUT2D eigenvalue weighted by Crippen LogP contribution is -2.50. The number of nitrogens with zero attached hydrogens (tertiary/aromatic N) is 5. The van der Waals surface area contributed by atoms with Crippen molar-refractivity contribution in [2.45, 2.75) is 20.4 Å². The Morgan fingerprint density at radius 3 is 2.33 bits per heavy atom. The number of aryl methyl sites for hydroxylation is 2. The van der Waals surface area contributed by atoms with Gasteiger partial charge in [0.05, 0.1) is 5.01 Å². The molecule has 8 heteroatoms. The van der Waals surface area contributed by atoms with Gasteiger partial charge in [-0.1, -0.05) is 48.0 Å². The van der Waals surface area contributed by atoms with Gasteiger partial charge in [-0.3, -0.25) is 9.36 Å². The van der Waals surface area contributed by atoms with Gasteiger partial charge in [-0.2, -0.15) is 4.98 Å². The van der Waals surface area contributed by atoms with E-state index in [9.17, 15) is 9.59 Å². The van der Waals surface area contributed by atoms with E-state index in [0.717, 1.165) is 29.2 Å². The van der Waals surface area contributed by atoms with E-state index in [2.05, 4.69) is 27.0 Å². The summed E-state index contributed by atoms with van der Waals surface area (Å²) in [6.07, 6.45) is 0. The lowest BCUT2D eigenvalue weighted by Gasteiger charge is -2.36. The maximum Gasteiger partial charge on any atom is 0.349 e. The minimum atomic E-state index is -0.419. The highest BCUT2D eigenvalue weighted by Crippen LogP contribution is 2.29. The number of aromatic nitrogens is 3. The molecule has 0 N–H and O–H groups in total. The molecule has 1 aliphatic rings. The summed E-state index contributed by atoms with van der Waals surface area (Å²) in [4.78, 5) is 39.9. The Labute approximate surface area is 195 Å². The number of fused-ring (bicyclic) bond motifs is 1. The Morgan fingerprint density at radius 1 is 0.939 bits per heavy atom. The van der Waals surface area contributed by atoms with E-state index >= 15 is 0 Å². The van der Waals surface area contributed by atoms with E-state index in [0.29, 0.717) is 29.1 Å². The van der Waals surface area contributed by atoms with Crippen molar-refractivity contribution < 1.29 is 4.79 Å². The van der Waals surface area contributed by atoms with Crippen LogP contribution in [0.5, 0.6) is 0 Å². The molecule has 4 aromatic rings. The van der Waals surface area contributed by atoms with Gasteiger partial charge >= 0.3 is 5.69 Å². The van der Waals surface area contributed by atoms with Crippen LogP contribution in [-0.4, -0.2) is 51.5 Å². The average molecular weight is 460 g/mol. The van der Waals surface area contributed by atoms with Crippen molar-refractivity contribution in [2.24, 2.45) is 0 Å². The summed E-state index contributed by atoms with van der Waals surface area (Å²) in [6.45, 7) is 6.69. The van der Waals surface area contributed by atoms with Crippen LogP contribution in [0.4, 0.5) is 5.69 Å². The van der Waals surface area contributed by atoms with Crippen molar-refractivity contribution in [1.82, 2.24) is 19.4 Å². The van der Waals surface area contributed by atoms with E-state index in [-0.39, 0.29) is 12.5 Å². The molecule has 1 amide bonds. The third-order valence-electron chi connectivity index (χ3n) is 6.00. The largest absolute Gasteiger partial charge is 0.368 e. The van der Waals surface area contributed by atoms with Gasteiger partial charge in [0.1, 0.15) is 22.6 Å². The Balaban J connectivity index is 1.39. The highest BCUT2D eigenvalue weighted by Gasteiger charge is 2.24. The second-order valence-corrected chi connectivity index (χ2v) is 9.47. The number of carbonyl (C=O) groups excluding carboxylic acids is 1. The molecule has 1 saturated heterocycles. The van der Waals surface area contributed by atoms with Crippen molar-refractivity contribution in [3.8, 4) is 11.3 Å². The van der Waals surface area contributed by atoms with Gasteiger partial charge in [-0.15, -0.1) is 11.3 Å². The number of benzene rings is 2. The van der Waals surface area contributed by atoms with Crippen molar-refractivity contribution >= 4 is 33.3 Å². The number of hydrogen-bond donors (Lipinski definition) is 0. The predicted molar refractivity (Wildman–Crippen MR) is 132 cm³/mol. The quantitative estimate of drug-likeness (QED) is 0.467. The van der Waals surface area contributed by atoms with Gasteiger partial charge in [0.25, 0.3) is 0 Å². The maximum absolute atomic E-state index is 13.1. The van der Waals surface area contributed by atoms with Crippen LogP contribution in [0.3, 0.4) is 0 Å². The molecule has 0 saturated carbocycles. The predicted octanol–water partition coefficient (Wildman–Crippen LogP) is 3.49. The van der Waals surface area contributed by atoms with E-state index in [1.165, 1.54) is 21.6 Å². The first kappa shape index (κ1) is 21.3. The van der Waals surface area contributed by atoms with E-state index < -0.39 is 5.69 Å². The van der Waals surface area contributed by atoms with Crippen molar-refractivity contribution in [2.75, 3.05) is 31.1 Å². The fourth-order valence-electron chi connectivity index (χ4n) is 4.19. The molecule has 3 heterocycles.